The largest absolute Gasteiger partial charge is 0.489 e. The van der Waals surface area contributed by atoms with Crippen LogP contribution in [0.4, 0.5) is 17.2 Å². The van der Waals surface area contributed by atoms with Gasteiger partial charge in [-0.3, -0.25) is 0 Å². The average molecular weight is 417 g/mol. The smallest absolute Gasteiger partial charge is 0.144 e. The minimum Gasteiger partial charge on any atom is -0.489 e. The molecule has 1 N–H and O–H groups in total. The van der Waals surface area contributed by atoms with E-state index in [2.05, 4.69) is 88.7 Å². The van der Waals surface area contributed by atoms with E-state index in [0.717, 1.165) is 56.3 Å². The number of benzene rings is 2. The Kier molecular flexibility index (Phi) is 6.92. The minimum absolute atomic E-state index is 0.293. The van der Waals surface area contributed by atoms with Crippen LogP contribution in [0.15, 0.2) is 72.9 Å². The molecule has 4 rings (SSSR count). The van der Waals surface area contributed by atoms with Crippen molar-refractivity contribution in [1.29, 1.82) is 0 Å². The molecule has 0 aliphatic carbocycles. The van der Waals surface area contributed by atoms with Gasteiger partial charge >= 0.3 is 0 Å². The number of hydrogen-bond acceptors (Lipinski definition) is 5. The van der Waals surface area contributed by atoms with E-state index in [-0.39, 0.29) is 0 Å². The molecule has 2 heterocycles. The number of pyridine rings is 1. The predicted octanol–water partition coefficient (Wildman–Crippen LogP) is 5.37. The molecule has 1 atom stereocenters. The molecule has 5 nitrogen and oxygen atoms in total. The van der Waals surface area contributed by atoms with Crippen LogP contribution in [0.3, 0.4) is 0 Å². The molecular weight excluding hydrogens is 384 g/mol. The fourth-order valence-electron chi connectivity index (χ4n) is 4.10. The molecule has 0 amide bonds. The van der Waals surface area contributed by atoms with Crippen molar-refractivity contribution < 1.29 is 4.74 Å². The molecule has 0 radical (unpaired) electrons. The van der Waals surface area contributed by atoms with Gasteiger partial charge in [0.05, 0.1) is 18.3 Å². The molecule has 0 saturated carbocycles. The number of hydrogen-bond donors (Lipinski definition) is 1. The van der Waals surface area contributed by atoms with Crippen molar-refractivity contribution in [3.8, 4) is 5.75 Å². The van der Waals surface area contributed by atoms with Crippen LogP contribution in [0.2, 0.25) is 0 Å². The van der Waals surface area contributed by atoms with E-state index >= 15 is 0 Å². The number of anilines is 3. The standard InChI is InChI=1S/C26H32N4O/c1-3-23(21-10-5-4-6-11-21)28-22-13-14-24-25(20-22)31-19-18-30(24)17-9-16-29(2)26-12-7-8-15-27-26/h4-8,10-15,20,23,28H,3,9,16-19H2,1-2H3. The van der Waals surface area contributed by atoms with Gasteiger partial charge in [-0.05, 0) is 42.7 Å². The maximum atomic E-state index is 6.01. The molecule has 1 unspecified atom stereocenters. The highest BCUT2D eigenvalue weighted by atomic mass is 16.5. The van der Waals surface area contributed by atoms with Crippen LogP contribution < -0.4 is 19.9 Å². The van der Waals surface area contributed by atoms with Gasteiger partial charge in [-0.1, -0.05) is 43.3 Å². The molecule has 3 aromatic rings. The van der Waals surface area contributed by atoms with E-state index in [0.29, 0.717) is 6.04 Å². The van der Waals surface area contributed by atoms with E-state index in [1.807, 2.05) is 18.3 Å². The lowest BCUT2D eigenvalue weighted by molar-refractivity contribution is 0.307. The number of nitrogens with zero attached hydrogens (tertiary/aromatic N) is 3. The van der Waals surface area contributed by atoms with Crippen LogP contribution in [-0.4, -0.2) is 38.3 Å². The Morgan fingerprint density at radius 3 is 2.71 bits per heavy atom. The Hall–Kier alpha value is -3.21. The third-order valence-electron chi connectivity index (χ3n) is 5.83. The number of fused-ring (bicyclic) bond motifs is 1. The molecule has 0 saturated heterocycles. The van der Waals surface area contributed by atoms with Crippen molar-refractivity contribution >= 4 is 17.2 Å². The Labute approximate surface area is 185 Å². The van der Waals surface area contributed by atoms with Crippen molar-refractivity contribution in [2.75, 3.05) is 48.4 Å². The Bertz CT molecular complexity index is 948. The normalized spacial score (nSPS) is 13.8. The first-order valence-electron chi connectivity index (χ1n) is 11.2. The summed E-state index contributed by atoms with van der Waals surface area (Å²) in [6.07, 6.45) is 3.94. The maximum absolute atomic E-state index is 6.01. The lowest BCUT2D eigenvalue weighted by Crippen LogP contribution is -2.35. The van der Waals surface area contributed by atoms with Gasteiger partial charge in [-0.15, -0.1) is 0 Å². The Balaban J connectivity index is 1.38. The molecule has 2 aromatic carbocycles. The zero-order chi connectivity index (χ0) is 21.5. The molecule has 5 heteroatoms. The van der Waals surface area contributed by atoms with Gasteiger partial charge < -0.3 is 19.9 Å². The zero-order valence-electron chi connectivity index (χ0n) is 18.5. The van der Waals surface area contributed by atoms with E-state index in [9.17, 15) is 0 Å². The van der Waals surface area contributed by atoms with Crippen LogP contribution in [0, 0.1) is 0 Å². The fourth-order valence-corrected chi connectivity index (χ4v) is 4.10. The van der Waals surface area contributed by atoms with Gasteiger partial charge in [0.2, 0.25) is 0 Å². The van der Waals surface area contributed by atoms with Gasteiger partial charge in [-0.25, -0.2) is 4.98 Å². The van der Waals surface area contributed by atoms with Gasteiger partial charge in [0.25, 0.3) is 0 Å². The zero-order valence-corrected chi connectivity index (χ0v) is 18.5. The predicted molar refractivity (Wildman–Crippen MR) is 129 cm³/mol. The third kappa shape index (κ3) is 5.29. The topological polar surface area (TPSA) is 40.6 Å². The van der Waals surface area contributed by atoms with Crippen LogP contribution in [0.5, 0.6) is 5.75 Å². The van der Waals surface area contributed by atoms with Crippen LogP contribution in [-0.2, 0) is 0 Å². The minimum atomic E-state index is 0.293. The van der Waals surface area contributed by atoms with Crippen LogP contribution >= 0.6 is 0 Å². The van der Waals surface area contributed by atoms with Gasteiger partial charge in [0.15, 0.2) is 0 Å². The first-order valence-corrected chi connectivity index (χ1v) is 11.2. The molecule has 1 aliphatic heterocycles. The van der Waals surface area contributed by atoms with Gasteiger partial charge in [0.1, 0.15) is 18.2 Å². The lowest BCUT2D eigenvalue weighted by Gasteiger charge is -2.32. The van der Waals surface area contributed by atoms with Gasteiger partial charge in [-0.2, -0.15) is 0 Å². The van der Waals surface area contributed by atoms with Crippen LogP contribution in [0.1, 0.15) is 31.4 Å². The number of aromatic nitrogens is 1. The van der Waals surface area contributed by atoms with Crippen LogP contribution in [0.25, 0.3) is 0 Å². The summed E-state index contributed by atoms with van der Waals surface area (Å²) < 4.78 is 6.01. The Morgan fingerprint density at radius 2 is 1.94 bits per heavy atom. The molecule has 1 aliphatic rings. The summed E-state index contributed by atoms with van der Waals surface area (Å²) in [7, 11) is 2.10. The van der Waals surface area contributed by atoms with Crippen molar-refractivity contribution in [3.63, 3.8) is 0 Å². The molecule has 1 aromatic heterocycles. The second-order valence-electron chi connectivity index (χ2n) is 8.00. The second-order valence-corrected chi connectivity index (χ2v) is 8.00. The SMILES string of the molecule is CCC(Nc1ccc2c(c1)OCCN2CCCN(C)c1ccccn1)c1ccccc1. The summed E-state index contributed by atoms with van der Waals surface area (Å²) in [5.41, 5.74) is 3.60. The summed E-state index contributed by atoms with van der Waals surface area (Å²) in [5.74, 6) is 1.99. The number of nitrogens with one attached hydrogen (secondary N) is 1. The van der Waals surface area contributed by atoms with E-state index in [1.165, 1.54) is 11.3 Å². The second kappa shape index (κ2) is 10.2. The highest BCUT2D eigenvalue weighted by Crippen LogP contribution is 2.35. The van der Waals surface area contributed by atoms with Crippen molar-refractivity contribution in [3.05, 3.63) is 78.5 Å². The third-order valence-corrected chi connectivity index (χ3v) is 5.83. The first-order chi connectivity index (χ1) is 15.2. The molecule has 0 bridgehead atoms. The summed E-state index contributed by atoms with van der Waals surface area (Å²) >= 11 is 0. The van der Waals surface area contributed by atoms with Crippen molar-refractivity contribution in [2.24, 2.45) is 0 Å². The molecule has 162 valence electrons. The van der Waals surface area contributed by atoms with Crippen molar-refractivity contribution in [1.82, 2.24) is 4.98 Å². The first kappa shape index (κ1) is 21.0. The maximum Gasteiger partial charge on any atom is 0.144 e. The summed E-state index contributed by atoms with van der Waals surface area (Å²) in [4.78, 5) is 9.07. The molecule has 31 heavy (non-hydrogen) atoms. The summed E-state index contributed by atoms with van der Waals surface area (Å²) in [5, 5.41) is 3.67. The Morgan fingerprint density at radius 1 is 1.10 bits per heavy atom. The summed E-state index contributed by atoms with van der Waals surface area (Å²) in [6.45, 7) is 5.83. The molecule has 0 fully saturated rings. The quantitative estimate of drug-likeness (QED) is 0.508. The molecular formula is C26H32N4O. The monoisotopic (exact) mass is 416 g/mol. The van der Waals surface area contributed by atoms with E-state index < -0.39 is 0 Å². The van der Waals surface area contributed by atoms with E-state index in [1.54, 1.807) is 0 Å². The number of ether oxygens (including phenoxy) is 1. The highest BCUT2D eigenvalue weighted by Gasteiger charge is 2.19. The average Bonchev–Trinajstić information content (AvgIpc) is 2.83. The highest BCUT2D eigenvalue weighted by molar-refractivity contribution is 5.66. The fraction of sp³-hybridized carbons (Fsp3) is 0.346. The van der Waals surface area contributed by atoms with Crippen molar-refractivity contribution in [2.45, 2.75) is 25.8 Å². The molecule has 0 spiro atoms. The number of rotatable bonds is 9. The lowest BCUT2D eigenvalue weighted by atomic mass is 10.0. The van der Waals surface area contributed by atoms with E-state index in [4.69, 9.17) is 4.74 Å². The van der Waals surface area contributed by atoms with Gasteiger partial charge in [0, 0.05) is 38.1 Å². The summed E-state index contributed by atoms with van der Waals surface area (Å²) in [6, 6.07) is 23.5.